The van der Waals surface area contributed by atoms with E-state index < -0.39 is 10.2 Å². The number of nitriles is 1. The van der Waals surface area contributed by atoms with Crippen LogP contribution in [0.3, 0.4) is 0 Å². The molecule has 1 fully saturated rings. The highest BCUT2D eigenvalue weighted by atomic mass is 32.2. The minimum absolute atomic E-state index is 0.200. The molecule has 0 aliphatic carbocycles. The van der Waals surface area contributed by atoms with Crippen molar-refractivity contribution in [3.8, 4) is 17.6 Å². The summed E-state index contributed by atoms with van der Waals surface area (Å²) in [5, 5.41) is 20.5. The molecule has 32 heavy (non-hydrogen) atoms. The Kier molecular flexibility index (Phi) is 7.19. The molecule has 1 aliphatic heterocycles. The number of methoxy groups -OCH3 is 2. The highest BCUT2D eigenvalue weighted by Gasteiger charge is 2.29. The number of hydrogen-bond acceptors (Lipinski definition) is 7. The second-order valence-corrected chi connectivity index (χ2v) is 8.82. The summed E-state index contributed by atoms with van der Waals surface area (Å²) in [6, 6.07) is 11.9. The highest BCUT2D eigenvalue weighted by Crippen LogP contribution is 2.28. The van der Waals surface area contributed by atoms with Gasteiger partial charge < -0.3 is 20.1 Å². The van der Waals surface area contributed by atoms with Gasteiger partial charge in [-0.3, -0.25) is 4.79 Å². The van der Waals surface area contributed by atoms with Crippen LogP contribution in [-0.4, -0.2) is 52.0 Å². The molecule has 2 aromatic rings. The van der Waals surface area contributed by atoms with Crippen molar-refractivity contribution in [2.75, 3.05) is 32.6 Å². The Hall–Kier alpha value is -3.33. The molecule has 1 heterocycles. The van der Waals surface area contributed by atoms with Crippen LogP contribution < -0.4 is 25.2 Å². The average Bonchev–Trinajstić information content (AvgIpc) is 3.26. The Morgan fingerprint density at radius 2 is 1.97 bits per heavy atom. The smallest absolute Gasteiger partial charge is 0.276 e. The number of amides is 1. The van der Waals surface area contributed by atoms with Crippen molar-refractivity contribution in [2.24, 2.45) is 5.14 Å². The first kappa shape index (κ1) is 23.3. The third kappa shape index (κ3) is 5.47. The summed E-state index contributed by atoms with van der Waals surface area (Å²) in [4.78, 5) is 12.9. The molecule has 11 heteroatoms. The number of nitrogens with two attached hydrogens (primary N) is 1. The van der Waals surface area contributed by atoms with Crippen LogP contribution in [0.5, 0.6) is 11.5 Å². The van der Waals surface area contributed by atoms with Crippen molar-refractivity contribution < 1.29 is 22.7 Å². The summed E-state index contributed by atoms with van der Waals surface area (Å²) in [6.07, 6.45) is 0.545. The molecule has 10 nitrogen and oxygen atoms in total. The van der Waals surface area contributed by atoms with Crippen molar-refractivity contribution in [2.45, 2.75) is 19.0 Å². The largest absolute Gasteiger partial charge is 0.493 e. The number of ether oxygens (including phenoxy) is 2. The molecule has 4 N–H and O–H groups in total. The van der Waals surface area contributed by atoms with Crippen molar-refractivity contribution in [3.05, 3.63) is 53.1 Å². The molecule has 1 amide bonds. The summed E-state index contributed by atoms with van der Waals surface area (Å²) in [7, 11) is -0.686. The zero-order chi connectivity index (χ0) is 23.3. The first-order valence-electron chi connectivity index (χ1n) is 9.82. The van der Waals surface area contributed by atoms with Gasteiger partial charge in [-0.2, -0.15) is 18.0 Å². The minimum Gasteiger partial charge on any atom is -0.493 e. The van der Waals surface area contributed by atoms with Gasteiger partial charge in [0.1, 0.15) is 0 Å². The van der Waals surface area contributed by atoms with Crippen LogP contribution in [0.4, 0.5) is 5.69 Å². The summed E-state index contributed by atoms with van der Waals surface area (Å²) < 4.78 is 34.8. The van der Waals surface area contributed by atoms with E-state index in [-0.39, 0.29) is 25.0 Å². The maximum Gasteiger partial charge on any atom is 0.276 e. The van der Waals surface area contributed by atoms with Gasteiger partial charge in [-0.25, -0.2) is 5.14 Å². The zero-order valence-corrected chi connectivity index (χ0v) is 18.6. The van der Waals surface area contributed by atoms with Crippen molar-refractivity contribution in [1.29, 1.82) is 5.26 Å². The molecule has 0 spiro atoms. The van der Waals surface area contributed by atoms with Crippen LogP contribution >= 0.6 is 0 Å². The van der Waals surface area contributed by atoms with Gasteiger partial charge in [0.2, 0.25) is 0 Å². The summed E-state index contributed by atoms with van der Waals surface area (Å²) in [5.41, 5.74) is 1.94. The molecule has 1 saturated heterocycles. The van der Waals surface area contributed by atoms with Crippen LogP contribution in [0.2, 0.25) is 0 Å². The van der Waals surface area contributed by atoms with Gasteiger partial charge in [0, 0.05) is 31.4 Å². The second kappa shape index (κ2) is 9.86. The minimum atomic E-state index is -3.76. The lowest BCUT2D eigenvalue weighted by molar-refractivity contribution is 0.0951. The predicted molar refractivity (Wildman–Crippen MR) is 119 cm³/mol. The van der Waals surface area contributed by atoms with Gasteiger partial charge in [0.15, 0.2) is 11.5 Å². The van der Waals surface area contributed by atoms with E-state index in [1.807, 2.05) is 12.1 Å². The molecule has 0 aromatic heterocycles. The standard InChI is InChI=1S/C21H25N5O5S/c1-30-19-6-4-15(10-20(19)31-2)12-24-21(27)17-9-14(11-22)3-5-18(17)25-16-7-8-26(13-16)32(23,28)29/h3-6,9-10,16,25H,7-8,12-13H2,1-2H3,(H,24,27)(H2,23,28,29)/t16-/m1/s1. The van der Waals surface area contributed by atoms with E-state index in [9.17, 15) is 18.5 Å². The van der Waals surface area contributed by atoms with E-state index in [0.29, 0.717) is 41.3 Å². The van der Waals surface area contributed by atoms with Crippen molar-refractivity contribution in [3.63, 3.8) is 0 Å². The van der Waals surface area contributed by atoms with Crippen LogP contribution in [0.25, 0.3) is 0 Å². The molecule has 3 rings (SSSR count). The summed E-state index contributed by atoms with van der Waals surface area (Å²) >= 11 is 0. The summed E-state index contributed by atoms with van der Waals surface area (Å²) in [6.45, 7) is 0.733. The Balaban J connectivity index is 1.75. The van der Waals surface area contributed by atoms with E-state index in [1.54, 1.807) is 31.4 Å². The fraction of sp³-hybridized carbons (Fsp3) is 0.333. The fourth-order valence-electron chi connectivity index (χ4n) is 3.49. The van der Waals surface area contributed by atoms with Gasteiger partial charge in [-0.1, -0.05) is 6.07 Å². The van der Waals surface area contributed by atoms with E-state index >= 15 is 0 Å². The van der Waals surface area contributed by atoms with Gasteiger partial charge in [0.25, 0.3) is 16.1 Å². The maximum absolute atomic E-state index is 12.9. The fourth-order valence-corrected chi connectivity index (χ4v) is 4.24. The lowest BCUT2D eigenvalue weighted by Crippen LogP contribution is -2.36. The topological polar surface area (TPSA) is 147 Å². The zero-order valence-electron chi connectivity index (χ0n) is 17.8. The molecule has 1 aliphatic rings. The number of carbonyl (C=O) groups is 1. The van der Waals surface area contributed by atoms with Crippen molar-refractivity contribution >= 4 is 21.8 Å². The first-order valence-corrected chi connectivity index (χ1v) is 11.3. The van der Waals surface area contributed by atoms with E-state index in [0.717, 1.165) is 5.56 Å². The molecule has 0 unspecified atom stereocenters. The van der Waals surface area contributed by atoms with Crippen LogP contribution in [0.1, 0.15) is 27.9 Å². The molecule has 170 valence electrons. The predicted octanol–water partition coefficient (Wildman–Crippen LogP) is 1.20. The number of hydrogen-bond donors (Lipinski definition) is 3. The Morgan fingerprint density at radius 1 is 1.22 bits per heavy atom. The van der Waals surface area contributed by atoms with Gasteiger partial charge in [-0.05, 0) is 42.3 Å². The average molecular weight is 460 g/mol. The molecule has 2 aromatic carbocycles. The third-order valence-electron chi connectivity index (χ3n) is 5.16. The molecule has 1 atom stereocenters. The quantitative estimate of drug-likeness (QED) is 0.537. The third-order valence-corrected chi connectivity index (χ3v) is 6.22. The molecular weight excluding hydrogens is 434 g/mol. The first-order chi connectivity index (χ1) is 15.2. The Labute approximate surface area is 187 Å². The number of nitrogens with one attached hydrogen (secondary N) is 2. The lowest BCUT2D eigenvalue weighted by atomic mass is 10.1. The van der Waals surface area contributed by atoms with Crippen molar-refractivity contribution in [1.82, 2.24) is 9.62 Å². The van der Waals surface area contributed by atoms with Crippen LogP contribution in [0, 0.1) is 11.3 Å². The normalized spacial score (nSPS) is 16.2. The number of benzene rings is 2. The van der Waals surface area contributed by atoms with E-state index in [2.05, 4.69) is 10.6 Å². The highest BCUT2D eigenvalue weighted by molar-refractivity contribution is 7.86. The second-order valence-electron chi connectivity index (χ2n) is 7.28. The van der Waals surface area contributed by atoms with Gasteiger partial charge >= 0.3 is 0 Å². The Bertz CT molecular complexity index is 1150. The molecule has 0 bridgehead atoms. The number of rotatable bonds is 8. The van der Waals surface area contributed by atoms with Crippen LogP contribution in [0.15, 0.2) is 36.4 Å². The summed E-state index contributed by atoms with van der Waals surface area (Å²) in [5.74, 6) is 0.760. The van der Waals surface area contributed by atoms with E-state index in [4.69, 9.17) is 14.6 Å². The van der Waals surface area contributed by atoms with E-state index in [1.165, 1.54) is 17.5 Å². The van der Waals surface area contributed by atoms with Gasteiger partial charge in [0.05, 0.1) is 31.4 Å². The van der Waals surface area contributed by atoms with Crippen LogP contribution in [-0.2, 0) is 16.8 Å². The molecule has 0 saturated carbocycles. The van der Waals surface area contributed by atoms with Gasteiger partial charge in [-0.15, -0.1) is 0 Å². The monoisotopic (exact) mass is 459 g/mol. The molecular formula is C21H25N5O5S. The molecule has 0 radical (unpaired) electrons. The lowest BCUT2D eigenvalue weighted by Gasteiger charge is -2.18. The number of nitrogens with zero attached hydrogens (tertiary/aromatic N) is 2. The Morgan fingerprint density at radius 3 is 2.59 bits per heavy atom. The number of carbonyl (C=O) groups excluding carboxylic acids is 1. The maximum atomic E-state index is 12.9. The number of anilines is 1. The SMILES string of the molecule is COc1ccc(CNC(=O)c2cc(C#N)ccc2N[C@@H]2CCN(S(N)(=O)=O)C2)cc1OC.